The van der Waals surface area contributed by atoms with Crippen molar-refractivity contribution in [2.24, 2.45) is 0 Å². The number of ketones is 2. The molecular weight excluding hydrogens is 263 g/mol. The second kappa shape index (κ2) is 15.3. The average Bonchev–Trinajstić information content (AvgIpc) is 1.99. The van der Waals surface area contributed by atoms with Crippen LogP contribution >= 0.6 is 0 Å². The molecule has 0 aliphatic carbocycles. The highest BCUT2D eigenvalue weighted by atomic mass is 27.0. The van der Waals surface area contributed by atoms with Crippen LogP contribution in [0.2, 0.25) is 0 Å². The third-order valence-electron chi connectivity index (χ3n) is 0.648. The Hall–Kier alpha value is -1.72. The smallest absolute Gasteiger partial charge is 0.372 e. The Morgan fingerprint density at radius 2 is 1.00 bits per heavy atom. The quantitative estimate of drug-likeness (QED) is 0.325. The van der Waals surface area contributed by atoms with Crippen LogP contribution in [-0.4, -0.2) is 62.2 Å². The van der Waals surface area contributed by atoms with Gasteiger partial charge in [-0.2, -0.15) is 0 Å². The van der Waals surface area contributed by atoms with E-state index >= 15 is 0 Å². The maximum atomic E-state index is 10.1. The van der Waals surface area contributed by atoms with Crippen molar-refractivity contribution in [1.82, 2.24) is 0 Å². The van der Waals surface area contributed by atoms with Gasteiger partial charge in [-0.15, -0.1) is 0 Å². The van der Waals surface area contributed by atoms with E-state index < -0.39 is 35.9 Å². The van der Waals surface area contributed by atoms with Crippen LogP contribution in [0.3, 0.4) is 0 Å². The molecule has 0 aliphatic rings. The minimum absolute atomic E-state index is 0. The van der Waals surface area contributed by atoms with Gasteiger partial charge in [0.05, 0.1) is 6.42 Å². The van der Waals surface area contributed by atoms with Crippen LogP contribution in [-0.2, 0) is 24.0 Å². The van der Waals surface area contributed by atoms with E-state index in [1.165, 1.54) is 6.92 Å². The highest BCUT2D eigenvalue weighted by Crippen LogP contribution is 1.83. The first-order chi connectivity index (χ1) is 7.50. The van der Waals surface area contributed by atoms with Gasteiger partial charge >= 0.3 is 5.97 Å². The van der Waals surface area contributed by atoms with Gasteiger partial charge in [-0.1, -0.05) is 0 Å². The summed E-state index contributed by atoms with van der Waals surface area (Å²) in [5.41, 5.74) is 0. The van der Waals surface area contributed by atoms with E-state index in [4.69, 9.17) is 24.9 Å². The summed E-state index contributed by atoms with van der Waals surface area (Å²) in [6.07, 6.45) is -0.505. The fourth-order valence-electron chi connectivity index (χ4n) is 0.302. The molecule has 0 aromatic carbocycles. The van der Waals surface area contributed by atoms with Crippen LogP contribution in [0.15, 0.2) is 0 Å². The molecule has 0 radical (unpaired) electrons. The van der Waals surface area contributed by atoms with Crippen LogP contribution in [0, 0.1) is 0 Å². The number of hydrogen-bond acceptors (Lipinski definition) is 5. The minimum Gasteiger partial charge on any atom is -0.481 e. The number of carbonyl (C=O) groups is 5. The summed E-state index contributed by atoms with van der Waals surface area (Å²) in [5.74, 6) is -4.70. The SMILES string of the molecule is CC(=O)CC(=O)C(=O)O.CC(=O)O.CC(=O)O.[AlH3]. The van der Waals surface area contributed by atoms with Crippen LogP contribution in [0.5, 0.6) is 0 Å². The summed E-state index contributed by atoms with van der Waals surface area (Å²) in [5, 5.41) is 22.8. The first-order valence-corrected chi connectivity index (χ1v) is 4.15. The Labute approximate surface area is 114 Å². The van der Waals surface area contributed by atoms with E-state index in [0.29, 0.717) is 0 Å². The summed E-state index contributed by atoms with van der Waals surface area (Å²) < 4.78 is 0. The number of carbonyl (C=O) groups excluding carboxylic acids is 2. The molecule has 0 fully saturated rings. The number of carboxylic acids is 3. The lowest BCUT2D eigenvalue weighted by Gasteiger charge is -1.86. The van der Waals surface area contributed by atoms with Gasteiger partial charge in [0, 0.05) is 13.8 Å². The molecule has 8 nitrogen and oxygen atoms in total. The molecule has 0 amide bonds. The molecule has 0 heterocycles. The lowest BCUT2D eigenvalue weighted by Crippen LogP contribution is -2.15. The molecule has 9 heteroatoms. The summed E-state index contributed by atoms with van der Waals surface area (Å²) in [6.45, 7) is 3.33. The van der Waals surface area contributed by atoms with Crippen molar-refractivity contribution in [2.45, 2.75) is 27.2 Å². The first-order valence-electron chi connectivity index (χ1n) is 4.15. The Morgan fingerprint density at radius 1 is 0.778 bits per heavy atom. The van der Waals surface area contributed by atoms with Crippen molar-refractivity contribution in [3.8, 4) is 0 Å². The summed E-state index contributed by atoms with van der Waals surface area (Å²) in [4.78, 5) is 47.9. The Balaban J connectivity index is -0.0000000922. The molecular formula is C9H17AlO8. The van der Waals surface area contributed by atoms with Gasteiger partial charge < -0.3 is 15.3 Å². The van der Waals surface area contributed by atoms with E-state index in [2.05, 4.69) is 0 Å². The number of aliphatic carboxylic acids is 3. The van der Waals surface area contributed by atoms with Gasteiger partial charge in [0.2, 0.25) is 5.78 Å². The molecule has 0 aromatic rings. The Kier molecular flexibility index (Phi) is 21.4. The van der Waals surface area contributed by atoms with Crippen molar-refractivity contribution in [1.29, 1.82) is 0 Å². The zero-order chi connectivity index (χ0) is 14.6. The molecule has 0 saturated carbocycles. The number of carboxylic acid groups (broad SMARTS) is 3. The molecule has 0 aromatic heterocycles. The van der Waals surface area contributed by atoms with Crippen molar-refractivity contribution in [2.75, 3.05) is 0 Å². The normalized spacial score (nSPS) is 7.06. The molecule has 0 bridgehead atoms. The topological polar surface area (TPSA) is 146 Å². The Bertz CT molecular complexity index is 290. The largest absolute Gasteiger partial charge is 0.481 e. The maximum Gasteiger partial charge on any atom is 0.372 e. The molecule has 0 atom stereocenters. The molecule has 3 N–H and O–H groups in total. The lowest BCUT2D eigenvalue weighted by atomic mass is 10.2. The van der Waals surface area contributed by atoms with Crippen LogP contribution < -0.4 is 0 Å². The summed E-state index contributed by atoms with van der Waals surface area (Å²) >= 11 is 0. The fourth-order valence-corrected chi connectivity index (χ4v) is 0.302. The van der Waals surface area contributed by atoms with Gasteiger partial charge in [-0.25, -0.2) is 4.79 Å². The standard InChI is InChI=1S/C5H6O4.2C2H4O2.Al.3H/c1-3(6)2-4(7)5(8)9;2*1-2(3)4;;;;/h2H2,1H3,(H,8,9);2*1H3,(H,3,4);;;;. The second-order valence-corrected chi connectivity index (χ2v) is 2.65. The summed E-state index contributed by atoms with van der Waals surface area (Å²) in [7, 11) is 0. The zero-order valence-corrected chi connectivity index (χ0v) is 9.59. The van der Waals surface area contributed by atoms with Crippen molar-refractivity contribution in [3.05, 3.63) is 0 Å². The van der Waals surface area contributed by atoms with Crippen molar-refractivity contribution < 1.29 is 39.3 Å². The van der Waals surface area contributed by atoms with Crippen LogP contribution in [0.4, 0.5) is 0 Å². The predicted octanol–water partition coefficient (Wildman–Crippen LogP) is -1.38. The highest BCUT2D eigenvalue weighted by Gasteiger charge is 2.12. The molecule has 0 aliphatic heterocycles. The number of rotatable bonds is 3. The molecule has 0 rings (SSSR count). The van der Waals surface area contributed by atoms with Gasteiger partial charge in [-0.3, -0.25) is 19.2 Å². The van der Waals surface area contributed by atoms with E-state index in [9.17, 15) is 14.4 Å². The zero-order valence-electron chi connectivity index (χ0n) is 9.59. The average molecular weight is 280 g/mol. The molecule has 0 unspecified atom stereocenters. The molecule has 0 spiro atoms. The van der Waals surface area contributed by atoms with Crippen molar-refractivity contribution >= 4 is 46.8 Å². The van der Waals surface area contributed by atoms with E-state index in [1.807, 2.05) is 0 Å². The Morgan fingerprint density at radius 3 is 1.06 bits per heavy atom. The monoisotopic (exact) mass is 280 g/mol. The third-order valence-corrected chi connectivity index (χ3v) is 0.648. The van der Waals surface area contributed by atoms with Gasteiger partial charge in [0.15, 0.2) is 17.4 Å². The van der Waals surface area contributed by atoms with Crippen LogP contribution in [0.25, 0.3) is 0 Å². The van der Waals surface area contributed by atoms with Crippen LogP contribution in [0.1, 0.15) is 27.2 Å². The second-order valence-electron chi connectivity index (χ2n) is 2.65. The minimum atomic E-state index is -1.55. The van der Waals surface area contributed by atoms with Gasteiger partial charge in [0.1, 0.15) is 5.78 Å². The summed E-state index contributed by atoms with van der Waals surface area (Å²) in [6, 6.07) is 0. The van der Waals surface area contributed by atoms with Crippen molar-refractivity contribution in [3.63, 3.8) is 0 Å². The number of Topliss-reactive ketones (excluding diaryl/α,β-unsaturated/α-hetero) is 2. The highest BCUT2D eigenvalue weighted by molar-refractivity contribution is 6.36. The van der Waals surface area contributed by atoms with Gasteiger partial charge in [0.25, 0.3) is 11.9 Å². The fraction of sp³-hybridized carbons (Fsp3) is 0.444. The molecule has 104 valence electrons. The van der Waals surface area contributed by atoms with Gasteiger partial charge in [-0.05, 0) is 6.92 Å². The first kappa shape index (κ1) is 25.2. The van der Waals surface area contributed by atoms with E-state index in [-0.39, 0.29) is 17.4 Å². The maximum absolute atomic E-state index is 10.1. The predicted molar refractivity (Wildman–Crippen MR) is 64.5 cm³/mol. The number of hydrogen-bond donors (Lipinski definition) is 3. The van der Waals surface area contributed by atoms with E-state index in [1.54, 1.807) is 0 Å². The molecule has 0 saturated heterocycles. The molecule has 18 heavy (non-hydrogen) atoms. The lowest BCUT2D eigenvalue weighted by molar-refractivity contribution is -0.150. The van der Waals surface area contributed by atoms with E-state index in [0.717, 1.165) is 13.8 Å². The third kappa shape index (κ3) is 63.8.